The molecule has 0 spiro atoms. The van der Waals surface area contributed by atoms with E-state index in [2.05, 4.69) is 17.1 Å². The van der Waals surface area contributed by atoms with E-state index < -0.39 is 0 Å². The first-order valence-electron chi connectivity index (χ1n) is 8.01. The molecule has 4 heteroatoms. The van der Waals surface area contributed by atoms with E-state index in [1.165, 1.54) is 31.0 Å². The van der Waals surface area contributed by atoms with E-state index in [0.29, 0.717) is 11.5 Å². The summed E-state index contributed by atoms with van der Waals surface area (Å²) in [6, 6.07) is 3.67. The molecule has 1 aliphatic rings. The van der Waals surface area contributed by atoms with Crippen molar-refractivity contribution >= 4 is 0 Å². The Morgan fingerprint density at radius 3 is 2.67 bits per heavy atom. The van der Waals surface area contributed by atoms with Crippen LogP contribution in [0.2, 0.25) is 0 Å². The van der Waals surface area contributed by atoms with Crippen molar-refractivity contribution in [2.24, 2.45) is 5.92 Å². The molecule has 0 aliphatic carbocycles. The van der Waals surface area contributed by atoms with Crippen molar-refractivity contribution in [3.05, 3.63) is 35.4 Å². The van der Waals surface area contributed by atoms with Crippen molar-refractivity contribution in [1.82, 2.24) is 10.2 Å². The smallest absolute Gasteiger partial charge is 0.128 e. The van der Waals surface area contributed by atoms with Gasteiger partial charge in [0.25, 0.3) is 0 Å². The van der Waals surface area contributed by atoms with Gasteiger partial charge in [-0.1, -0.05) is 6.92 Å². The topological polar surface area (TPSA) is 15.3 Å². The Hall–Kier alpha value is -1.00. The molecule has 2 rings (SSSR count). The summed E-state index contributed by atoms with van der Waals surface area (Å²) in [5.41, 5.74) is 0.470. The molecule has 1 aliphatic heterocycles. The Kier molecular flexibility index (Phi) is 6.12. The fraction of sp³-hybridized carbons (Fsp3) is 0.647. The van der Waals surface area contributed by atoms with Crippen molar-refractivity contribution < 1.29 is 8.78 Å². The molecule has 0 amide bonds. The largest absolute Gasteiger partial charge is 0.317 e. The number of hydrogen-bond acceptors (Lipinski definition) is 2. The zero-order valence-corrected chi connectivity index (χ0v) is 13.0. The molecule has 2 nitrogen and oxygen atoms in total. The molecular weight excluding hydrogens is 270 g/mol. The summed E-state index contributed by atoms with van der Waals surface area (Å²) in [7, 11) is 0. The molecule has 1 aromatic carbocycles. The molecule has 1 atom stereocenters. The van der Waals surface area contributed by atoms with Crippen molar-refractivity contribution in [3.63, 3.8) is 0 Å². The van der Waals surface area contributed by atoms with E-state index in [0.717, 1.165) is 32.6 Å². The molecule has 0 aromatic heterocycles. The minimum Gasteiger partial charge on any atom is -0.317 e. The second-order valence-corrected chi connectivity index (χ2v) is 6.03. The van der Waals surface area contributed by atoms with Gasteiger partial charge in [0.15, 0.2) is 0 Å². The summed E-state index contributed by atoms with van der Waals surface area (Å²) in [4.78, 5) is 2.30. The number of halogens is 2. The maximum Gasteiger partial charge on any atom is 0.128 e. The molecule has 1 heterocycles. The van der Waals surface area contributed by atoms with Crippen molar-refractivity contribution in [3.8, 4) is 0 Å². The van der Waals surface area contributed by atoms with Gasteiger partial charge in [-0.15, -0.1) is 0 Å². The van der Waals surface area contributed by atoms with Crippen LogP contribution < -0.4 is 5.32 Å². The average molecular weight is 296 g/mol. The van der Waals surface area contributed by atoms with Gasteiger partial charge < -0.3 is 5.32 Å². The number of rotatable bonds is 6. The second kappa shape index (κ2) is 7.85. The van der Waals surface area contributed by atoms with Gasteiger partial charge in [-0.25, -0.2) is 8.78 Å². The van der Waals surface area contributed by atoms with Gasteiger partial charge in [0.1, 0.15) is 11.6 Å². The molecule has 21 heavy (non-hydrogen) atoms. The zero-order valence-electron chi connectivity index (χ0n) is 13.0. The fourth-order valence-corrected chi connectivity index (χ4v) is 3.16. The third-order valence-corrected chi connectivity index (χ3v) is 4.42. The van der Waals surface area contributed by atoms with E-state index in [9.17, 15) is 8.78 Å². The first-order valence-corrected chi connectivity index (χ1v) is 8.01. The molecular formula is C17H26F2N2. The highest BCUT2D eigenvalue weighted by molar-refractivity contribution is 5.22. The van der Waals surface area contributed by atoms with Crippen LogP contribution in [0.3, 0.4) is 0 Å². The molecule has 0 bridgehead atoms. The second-order valence-electron chi connectivity index (χ2n) is 6.03. The summed E-state index contributed by atoms with van der Waals surface area (Å²) in [5.74, 6) is -0.0243. The lowest BCUT2D eigenvalue weighted by Gasteiger charge is -2.34. The van der Waals surface area contributed by atoms with E-state index in [1.807, 2.05) is 6.92 Å². The minimum atomic E-state index is -0.364. The monoisotopic (exact) mass is 296 g/mol. The van der Waals surface area contributed by atoms with Crippen LogP contribution in [0, 0.1) is 17.6 Å². The lowest BCUT2D eigenvalue weighted by Crippen LogP contribution is -2.38. The number of hydrogen-bond donors (Lipinski definition) is 1. The lowest BCUT2D eigenvalue weighted by atomic mass is 9.95. The Balaban J connectivity index is 2.10. The average Bonchev–Trinajstić information content (AvgIpc) is 2.49. The quantitative estimate of drug-likeness (QED) is 0.860. The van der Waals surface area contributed by atoms with Gasteiger partial charge in [-0.3, -0.25) is 4.90 Å². The number of piperidine rings is 1. The Labute approximate surface area is 126 Å². The predicted octanol–water partition coefficient (Wildman–Crippen LogP) is 3.74. The van der Waals surface area contributed by atoms with E-state index >= 15 is 0 Å². The Bertz CT molecular complexity index is 444. The molecule has 118 valence electrons. The SMILES string of the molecule is CCCN(CC1CCNCC1)C(C)c1cc(F)ccc1F. The standard InChI is InChI=1S/C17H26F2N2/c1-3-10-21(12-14-6-8-20-9-7-14)13(2)16-11-15(18)4-5-17(16)19/h4-5,11,13-14,20H,3,6-10,12H2,1-2H3. The highest BCUT2D eigenvalue weighted by Crippen LogP contribution is 2.26. The molecule has 0 saturated carbocycles. The van der Waals surface area contributed by atoms with Crippen molar-refractivity contribution in [2.45, 2.75) is 39.2 Å². The summed E-state index contributed by atoms with van der Waals surface area (Å²) in [5, 5.41) is 3.37. The molecule has 1 aromatic rings. The number of nitrogens with one attached hydrogen (secondary N) is 1. The van der Waals surface area contributed by atoms with E-state index in [1.54, 1.807) is 0 Å². The minimum absolute atomic E-state index is 0.0875. The van der Waals surface area contributed by atoms with Gasteiger partial charge in [0, 0.05) is 18.2 Å². The Morgan fingerprint density at radius 2 is 2.00 bits per heavy atom. The fourth-order valence-electron chi connectivity index (χ4n) is 3.16. The number of nitrogens with zero attached hydrogens (tertiary/aromatic N) is 1. The molecule has 1 N–H and O–H groups in total. The first kappa shape index (κ1) is 16.4. The summed E-state index contributed by atoms with van der Waals surface area (Å²) in [6.07, 6.45) is 3.35. The third kappa shape index (κ3) is 4.48. The summed E-state index contributed by atoms with van der Waals surface area (Å²) in [6.45, 7) is 8.12. The summed E-state index contributed by atoms with van der Waals surface area (Å²) < 4.78 is 27.4. The van der Waals surface area contributed by atoms with Crippen molar-refractivity contribution in [1.29, 1.82) is 0 Å². The van der Waals surface area contributed by atoms with Gasteiger partial charge in [0.2, 0.25) is 0 Å². The van der Waals surface area contributed by atoms with Crippen molar-refractivity contribution in [2.75, 3.05) is 26.2 Å². The summed E-state index contributed by atoms with van der Waals surface area (Å²) >= 11 is 0. The third-order valence-electron chi connectivity index (χ3n) is 4.42. The van der Waals surface area contributed by atoms with Crippen LogP contribution in [0.4, 0.5) is 8.78 Å². The number of benzene rings is 1. The van der Waals surface area contributed by atoms with Crippen LogP contribution >= 0.6 is 0 Å². The van der Waals surface area contributed by atoms with Crippen LogP contribution in [0.25, 0.3) is 0 Å². The predicted molar refractivity (Wildman–Crippen MR) is 82.2 cm³/mol. The van der Waals surface area contributed by atoms with Gasteiger partial charge in [-0.2, -0.15) is 0 Å². The van der Waals surface area contributed by atoms with Gasteiger partial charge in [0.05, 0.1) is 0 Å². The molecule has 0 radical (unpaired) electrons. The van der Waals surface area contributed by atoms with E-state index in [4.69, 9.17) is 0 Å². The van der Waals surface area contributed by atoms with Crippen LogP contribution in [-0.4, -0.2) is 31.1 Å². The van der Waals surface area contributed by atoms with Gasteiger partial charge in [-0.05, 0) is 69.9 Å². The maximum absolute atomic E-state index is 14.0. The zero-order chi connectivity index (χ0) is 15.2. The Morgan fingerprint density at radius 1 is 1.29 bits per heavy atom. The lowest BCUT2D eigenvalue weighted by molar-refractivity contribution is 0.158. The van der Waals surface area contributed by atoms with Crippen LogP contribution in [-0.2, 0) is 0 Å². The molecule has 1 unspecified atom stereocenters. The molecule has 1 fully saturated rings. The highest BCUT2D eigenvalue weighted by atomic mass is 19.1. The highest BCUT2D eigenvalue weighted by Gasteiger charge is 2.23. The molecule has 1 saturated heterocycles. The van der Waals surface area contributed by atoms with Crippen LogP contribution in [0.5, 0.6) is 0 Å². The van der Waals surface area contributed by atoms with Crippen LogP contribution in [0.1, 0.15) is 44.7 Å². The maximum atomic E-state index is 14.0. The first-order chi connectivity index (χ1) is 10.1. The van der Waals surface area contributed by atoms with Crippen LogP contribution in [0.15, 0.2) is 18.2 Å². The van der Waals surface area contributed by atoms with E-state index in [-0.39, 0.29) is 17.7 Å². The normalized spacial score (nSPS) is 18.1. The van der Waals surface area contributed by atoms with Gasteiger partial charge >= 0.3 is 0 Å².